The fourth-order valence-electron chi connectivity index (χ4n) is 2.69. The summed E-state index contributed by atoms with van der Waals surface area (Å²) >= 11 is 0. The van der Waals surface area contributed by atoms with Gasteiger partial charge in [0.05, 0.1) is 5.69 Å². The second kappa shape index (κ2) is 7.89. The third-order valence-corrected chi connectivity index (χ3v) is 4.53. The molecule has 0 saturated heterocycles. The number of anilines is 1. The molecule has 0 spiro atoms. The van der Waals surface area contributed by atoms with Crippen molar-refractivity contribution in [1.29, 1.82) is 0 Å². The molecule has 0 aliphatic carbocycles. The lowest BCUT2D eigenvalue weighted by Crippen LogP contribution is -2.20. The number of hydrogen-bond acceptors (Lipinski definition) is 4. The minimum absolute atomic E-state index is 0.0469. The molecule has 1 aromatic heterocycles. The summed E-state index contributed by atoms with van der Waals surface area (Å²) in [6.07, 6.45) is 0. The molecule has 3 aromatic rings. The molecule has 1 heterocycles. The van der Waals surface area contributed by atoms with Crippen molar-refractivity contribution in [2.45, 2.75) is 40.0 Å². The number of carbonyl (C=O) groups is 1. The molecule has 0 saturated carbocycles. The molecule has 1 N–H and O–H groups in total. The summed E-state index contributed by atoms with van der Waals surface area (Å²) in [6.45, 7) is 10.2. The Kier molecular flexibility index (Phi) is 5.54. The van der Waals surface area contributed by atoms with Crippen LogP contribution in [0.2, 0.25) is 0 Å². The first kappa shape index (κ1) is 19.7. The number of ether oxygens (including phenoxy) is 1. The van der Waals surface area contributed by atoms with Crippen molar-refractivity contribution < 1.29 is 13.9 Å². The molecule has 3 rings (SSSR count). The summed E-state index contributed by atoms with van der Waals surface area (Å²) < 4.78 is 11.2. The molecule has 0 aliphatic rings. The van der Waals surface area contributed by atoms with Gasteiger partial charge in [0.2, 0.25) is 5.89 Å². The lowest BCUT2D eigenvalue weighted by molar-refractivity contribution is -0.118. The molecule has 0 bridgehead atoms. The standard InChI is InChI=1S/C23H26N2O3/c1-15-16(2)28-22(24-15)17-6-10-19(11-7-17)25-21(26)14-27-20-12-8-18(9-13-20)23(3,4)5/h6-13H,14H2,1-5H3,(H,25,26). The van der Waals surface area contributed by atoms with Gasteiger partial charge in [0, 0.05) is 11.3 Å². The van der Waals surface area contributed by atoms with E-state index in [0.717, 1.165) is 17.0 Å². The van der Waals surface area contributed by atoms with E-state index in [1.165, 1.54) is 5.56 Å². The van der Waals surface area contributed by atoms with Gasteiger partial charge in [-0.05, 0) is 61.2 Å². The first-order valence-corrected chi connectivity index (χ1v) is 9.30. The van der Waals surface area contributed by atoms with Crippen LogP contribution in [-0.2, 0) is 10.2 Å². The van der Waals surface area contributed by atoms with E-state index in [1.54, 1.807) is 0 Å². The van der Waals surface area contributed by atoms with Gasteiger partial charge in [-0.15, -0.1) is 0 Å². The molecule has 1 amide bonds. The maximum atomic E-state index is 12.1. The van der Waals surface area contributed by atoms with Gasteiger partial charge in [0.15, 0.2) is 6.61 Å². The Balaban J connectivity index is 1.54. The molecule has 0 unspecified atom stereocenters. The Bertz CT molecular complexity index is 930. The van der Waals surface area contributed by atoms with E-state index in [9.17, 15) is 4.79 Å². The quantitative estimate of drug-likeness (QED) is 0.656. The van der Waals surface area contributed by atoms with Crippen LogP contribution in [0.4, 0.5) is 5.69 Å². The van der Waals surface area contributed by atoms with Crippen LogP contribution in [0, 0.1) is 13.8 Å². The first-order chi connectivity index (χ1) is 13.2. The third kappa shape index (κ3) is 4.80. The predicted octanol–water partition coefficient (Wildman–Crippen LogP) is 5.27. The largest absolute Gasteiger partial charge is 0.484 e. The summed E-state index contributed by atoms with van der Waals surface area (Å²) in [4.78, 5) is 16.5. The zero-order valence-corrected chi connectivity index (χ0v) is 17.0. The number of nitrogens with zero attached hydrogens (tertiary/aromatic N) is 1. The van der Waals surface area contributed by atoms with Crippen LogP contribution in [0.15, 0.2) is 52.9 Å². The van der Waals surface area contributed by atoms with Gasteiger partial charge in [-0.2, -0.15) is 0 Å². The van der Waals surface area contributed by atoms with E-state index in [1.807, 2.05) is 62.4 Å². The van der Waals surface area contributed by atoms with Crippen LogP contribution in [0.3, 0.4) is 0 Å². The minimum atomic E-state index is -0.213. The van der Waals surface area contributed by atoms with Crippen LogP contribution < -0.4 is 10.1 Å². The summed E-state index contributed by atoms with van der Waals surface area (Å²) in [6, 6.07) is 15.2. The molecule has 0 radical (unpaired) electrons. The normalized spacial score (nSPS) is 11.3. The Hall–Kier alpha value is -3.08. The highest BCUT2D eigenvalue weighted by molar-refractivity contribution is 5.92. The third-order valence-electron chi connectivity index (χ3n) is 4.53. The van der Waals surface area contributed by atoms with E-state index in [0.29, 0.717) is 17.3 Å². The fourth-order valence-corrected chi connectivity index (χ4v) is 2.69. The van der Waals surface area contributed by atoms with Crippen LogP contribution >= 0.6 is 0 Å². The molecule has 5 heteroatoms. The smallest absolute Gasteiger partial charge is 0.262 e. The summed E-state index contributed by atoms with van der Waals surface area (Å²) in [5.74, 6) is 1.85. The van der Waals surface area contributed by atoms with Crippen LogP contribution in [0.1, 0.15) is 37.8 Å². The molecule has 28 heavy (non-hydrogen) atoms. The van der Waals surface area contributed by atoms with Crippen LogP contribution in [0.5, 0.6) is 5.75 Å². The Labute approximate surface area is 165 Å². The van der Waals surface area contributed by atoms with E-state index >= 15 is 0 Å². The van der Waals surface area contributed by atoms with Gasteiger partial charge in [-0.25, -0.2) is 4.98 Å². The number of nitrogens with one attached hydrogen (secondary N) is 1. The van der Waals surface area contributed by atoms with Gasteiger partial charge in [-0.1, -0.05) is 32.9 Å². The van der Waals surface area contributed by atoms with Gasteiger partial charge in [0.25, 0.3) is 5.91 Å². The highest BCUT2D eigenvalue weighted by Gasteiger charge is 2.13. The van der Waals surface area contributed by atoms with Crippen molar-refractivity contribution in [1.82, 2.24) is 4.98 Å². The number of amides is 1. The van der Waals surface area contributed by atoms with Crippen molar-refractivity contribution in [2.24, 2.45) is 0 Å². The minimum Gasteiger partial charge on any atom is -0.484 e. The highest BCUT2D eigenvalue weighted by Crippen LogP contribution is 2.25. The molecule has 0 aliphatic heterocycles. The number of aromatic nitrogens is 1. The van der Waals surface area contributed by atoms with E-state index in [4.69, 9.17) is 9.15 Å². The second-order valence-electron chi connectivity index (χ2n) is 7.85. The van der Waals surface area contributed by atoms with Crippen molar-refractivity contribution >= 4 is 11.6 Å². The fraction of sp³-hybridized carbons (Fsp3) is 0.304. The van der Waals surface area contributed by atoms with Crippen molar-refractivity contribution in [3.05, 3.63) is 65.5 Å². The molecule has 2 aromatic carbocycles. The number of hydrogen-bond donors (Lipinski definition) is 1. The SMILES string of the molecule is Cc1nc(-c2ccc(NC(=O)COc3ccc(C(C)(C)C)cc3)cc2)oc1C. The predicted molar refractivity (Wildman–Crippen MR) is 111 cm³/mol. The highest BCUT2D eigenvalue weighted by atomic mass is 16.5. The Morgan fingerprint density at radius 2 is 1.68 bits per heavy atom. The van der Waals surface area contributed by atoms with Crippen LogP contribution in [-0.4, -0.2) is 17.5 Å². The molecular weight excluding hydrogens is 352 g/mol. The summed E-state index contributed by atoms with van der Waals surface area (Å²) in [5, 5.41) is 2.83. The Morgan fingerprint density at radius 3 is 2.21 bits per heavy atom. The number of carbonyl (C=O) groups excluding carboxylic acids is 1. The maximum Gasteiger partial charge on any atom is 0.262 e. The molecule has 0 atom stereocenters. The zero-order chi connectivity index (χ0) is 20.3. The topological polar surface area (TPSA) is 64.4 Å². The summed E-state index contributed by atoms with van der Waals surface area (Å²) in [5.41, 5.74) is 3.75. The molecule has 146 valence electrons. The number of benzene rings is 2. The monoisotopic (exact) mass is 378 g/mol. The maximum absolute atomic E-state index is 12.1. The summed E-state index contributed by atoms with van der Waals surface area (Å²) in [7, 11) is 0. The zero-order valence-electron chi connectivity index (χ0n) is 17.0. The van der Waals surface area contributed by atoms with Gasteiger partial charge >= 0.3 is 0 Å². The number of oxazole rings is 1. The lowest BCUT2D eigenvalue weighted by atomic mass is 9.87. The molecule has 5 nitrogen and oxygen atoms in total. The van der Waals surface area contributed by atoms with E-state index < -0.39 is 0 Å². The van der Waals surface area contributed by atoms with Crippen molar-refractivity contribution in [3.63, 3.8) is 0 Å². The number of aryl methyl sites for hydroxylation is 2. The van der Waals surface area contributed by atoms with Crippen molar-refractivity contribution in [2.75, 3.05) is 11.9 Å². The first-order valence-electron chi connectivity index (χ1n) is 9.30. The Morgan fingerprint density at radius 1 is 1.04 bits per heavy atom. The molecule has 0 fully saturated rings. The van der Waals surface area contributed by atoms with Gasteiger partial charge < -0.3 is 14.5 Å². The average molecular weight is 378 g/mol. The number of rotatable bonds is 5. The second-order valence-corrected chi connectivity index (χ2v) is 7.85. The van der Waals surface area contributed by atoms with E-state index in [-0.39, 0.29) is 17.9 Å². The van der Waals surface area contributed by atoms with Gasteiger partial charge in [0.1, 0.15) is 11.5 Å². The van der Waals surface area contributed by atoms with Gasteiger partial charge in [-0.3, -0.25) is 4.79 Å². The van der Waals surface area contributed by atoms with Crippen LogP contribution in [0.25, 0.3) is 11.5 Å². The lowest BCUT2D eigenvalue weighted by Gasteiger charge is -2.19. The van der Waals surface area contributed by atoms with Crippen molar-refractivity contribution in [3.8, 4) is 17.2 Å². The van der Waals surface area contributed by atoms with E-state index in [2.05, 4.69) is 31.1 Å². The average Bonchev–Trinajstić information content (AvgIpc) is 2.99. The molecular formula is C23H26N2O3.